The fourth-order valence-electron chi connectivity index (χ4n) is 1.82. The molecule has 18 heavy (non-hydrogen) atoms. The molecule has 3 aromatic rings. The lowest BCUT2D eigenvalue weighted by Crippen LogP contribution is -2.01. The van der Waals surface area contributed by atoms with E-state index >= 15 is 0 Å². The minimum absolute atomic E-state index is 0.647. The van der Waals surface area contributed by atoms with Crippen LogP contribution in [0.4, 0.5) is 0 Å². The molecule has 0 N–H and O–H groups in total. The average molecular weight is 278 g/mol. The van der Waals surface area contributed by atoms with Crippen molar-refractivity contribution < 1.29 is 0 Å². The van der Waals surface area contributed by atoms with Gasteiger partial charge >= 0.3 is 0 Å². The summed E-state index contributed by atoms with van der Waals surface area (Å²) >= 11 is 11.8. The Bertz CT molecular complexity index is 689. The van der Waals surface area contributed by atoms with Gasteiger partial charge in [0, 0.05) is 10.0 Å². The smallest absolute Gasteiger partial charge is 0.113 e. The van der Waals surface area contributed by atoms with Crippen LogP contribution in [0.3, 0.4) is 0 Å². The van der Waals surface area contributed by atoms with Crippen LogP contribution in [0.2, 0.25) is 10.0 Å². The number of hydrogen-bond donors (Lipinski definition) is 0. The number of nitrogens with zero attached hydrogens (tertiary/aromatic N) is 3. The lowest BCUT2D eigenvalue weighted by Gasteiger charge is -2.03. The lowest BCUT2D eigenvalue weighted by molar-refractivity contribution is 0.670. The molecule has 3 rings (SSSR count). The second kappa shape index (κ2) is 4.59. The molecule has 0 amide bonds. The summed E-state index contributed by atoms with van der Waals surface area (Å²) in [4.78, 5) is 0. The molecule has 1 aromatic heterocycles. The van der Waals surface area contributed by atoms with Gasteiger partial charge in [-0.1, -0.05) is 40.5 Å². The maximum atomic E-state index is 5.98. The molecule has 0 spiro atoms. The topological polar surface area (TPSA) is 30.7 Å². The van der Waals surface area contributed by atoms with Crippen LogP contribution in [0.25, 0.3) is 11.0 Å². The first-order chi connectivity index (χ1) is 8.72. The van der Waals surface area contributed by atoms with Gasteiger partial charge in [-0.3, -0.25) is 0 Å². The number of benzene rings is 2. The van der Waals surface area contributed by atoms with Gasteiger partial charge in [0.05, 0.1) is 12.1 Å². The summed E-state index contributed by atoms with van der Waals surface area (Å²) in [5.74, 6) is 0. The monoisotopic (exact) mass is 277 g/mol. The summed E-state index contributed by atoms with van der Waals surface area (Å²) in [6.45, 7) is 0.647. The second-order valence-electron chi connectivity index (χ2n) is 4.01. The Hall–Kier alpha value is -1.58. The molecule has 2 aromatic carbocycles. The first-order valence-corrected chi connectivity index (χ1v) is 6.21. The zero-order valence-corrected chi connectivity index (χ0v) is 10.9. The molecule has 0 unspecified atom stereocenters. The molecular formula is C13H9Cl2N3. The van der Waals surface area contributed by atoms with Crippen LogP contribution >= 0.6 is 23.2 Å². The molecule has 90 valence electrons. The molecule has 0 radical (unpaired) electrons. The van der Waals surface area contributed by atoms with E-state index < -0.39 is 0 Å². The number of aromatic nitrogens is 3. The molecule has 0 saturated heterocycles. The molecule has 0 aliphatic rings. The first kappa shape index (κ1) is 11.5. The molecule has 3 nitrogen and oxygen atoms in total. The Kier molecular flexibility index (Phi) is 2.94. The molecule has 0 fully saturated rings. The predicted octanol–water partition coefficient (Wildman–Crippen LogP) is 3.79. The summed E-state index contributed by atoms with van der Waals surface area (Å²) < 4.78 is 1.82. The van der Waals surface area contributed by atoms with Gasteiger partial charge in [-0.25, -0.2) is 4.68 Å². The predicted molar refractivity (Wildman–Crippen MR) is 73.1 cm³/mol. The first-order valence-electron chi connectivity index (χ1n) is 5.45. The van der Waals surface area contributed by atoms with E-state index in [1.54, 1.807) is 0 Å². The van der Waals surface area contributed by atoms with Crippen molar-refractivity contribution in [1.29, 1.82) is 0 Å². The van der Waals surface area contributed by atoms with Crippen molar-refractivity contribution in [2.45, 2.75) is 6.54 Å². The fraction of sp³-hybridized carbons (Fsp3) is 0.0769. The van der Waals surface area contributed by atoms with Gasteiger partial charge in [0.25, 0.3) is 0 Å². The van der Waals surface area contributed by atoms with Crippen LogP contribution in [0.5, 0.6) is 0 Å². The van der Waals surface area contributed by atoms with Crippen molar-refractivity contribution in [2.24, 2.45) is 0 Å². The minimum Gasteiger partial charge on any atom is -0.240 e. The van der Waals surface area contributed by atoms with E-state index in [1.165, 1.54) is 0 Å². The van der Waals surface area contributed by atoms with Crippen LogP contribution < -0.4 is 0 Å². The maximum absolute atomic E-state index is 5.98. The molecule has 0 aliphatic heterocycles. The summed E-state index contributed by atoms with van der Waals surface area (Å²) in [5, 5.41) is 9.64. The summed E-state index contributed by atoms with van der Waals surface area (Å²) in [7, 11) is 0. The fourth-order valence-corrected chi connectivity index (χ4v) is 2.11. The van der Waals surface area contributed by atoms with Crippen LogP contribution in [0.1, 0.15) is 5.56 Å². The molecular weight excluding hydrogens is 269 g/mol. The third-order valence-corrected chi connectivity index (χ3v) is 3.21. The van der Waals surface area contributed by atoms with Gasteiger partial charge in [-0.2, -0.15) is 0 Å². The van der Waals surface area contributed by atoms with Gasteiger partial charge in [0.1, 0.15) is 5.52 Å². The van der Waals surface area contributed by atoms with Crippen molar-refractivity contribution in [3.8, 4) is 0 Å². The van der Waals surface area contributed by atoms with Gasteiger partial charge in [0.15, 0.2) is 0 Å². The van der Waals surface area contributed by atoms with Crippen molar-refractivity contribution in [3.05, 3.63) is 58.1 Å². The van der Waals surface area contributed by atoms with Crippen molar-refractivity contribution in [2.75, 3.05) is 0 Å². The minimum atomic E-state index is 0.647. The molecule has 0 aliphatic carbocycles. The highest BCUT2D eigenvalue weighted by Crippen LogP contribution is 2.18. The average Bonchev–Trinajstić information content (AvgIpc) is 2.75. The Morgan fingerprint density at radius 1 is 0.944 bits per heavy atom. The van der Waals surface area contributed by atoms with Crippen molar-refractivity contribution in [1.82, 2.24) is 15.0 Å². The molecule has 0 atom stereocenters. The molecule has 1 heterocycles. The zero-order valence-electron chi connectivity index (χ0n) is 9.35. The number of fused-ring (bicyclic) bond motifs is 1. The quantitative estimate of drug-likeness (QED) is 0.714. The van der Waals surface area contributed by atoms with Crippen LogP contribution in [-0.4, -0.2) is 15.0 Å². The maximum Gasteiger partial charge on any atom is 0.113 e. The van der Waals surface area contributed by atoms with Crippen LogP contribution in [-0.2, 0) is 6.54 Å². The third kappa shape index (κ3) is 2.19. The Labute approximate surface area is 114 Å². The van der Waals surface area contributed by atoms with E-state index in [1.807, 2.05) is 47.1 Å². The second-order valence-corrected chi connectivity index (χ2v) is 4.88. The molecule has 0 bridgehead atoms. The molecule has 0 saturated carbocycles. The lowest BCUT2D eigenvalue weighted by atomic mass is 10.2. The number of halogens is 2. The largest absolute Gasteiger partial charge is 0.240 e. The van der Waals surface area contributed by atoms with Crippen LogP contribution in [0.15, 0.2) is 42.5 Å². The standard InChI is InChI=1S/C13H9Cl2N3/c14-10-3-1-9(2-4-10)8-18-13-7-11(15)5-6-12(13)16-17-18/h1-7H,8H2. The zero-order chi connectivity index (χ0) is 12.5. The van der Waals surface area contributed by atoms with E-state index in [-0.39, 0.29) is 0 Å². The van der Waals surface area contributed by atoms with E-state index in [4.69, 9.17) is 23.2 Å². The summed E-state index contributed by atoms with van der Waals surface area (Å²) in [5.41, 5.74) is 2.89. The van der Waals surface area contributed by atoms with Gasteiger partial charge in [-0.15, -0.1) is 5.10 Å². The SMILES string of the molecule is Clc1ccc(Cn2nnc3ccc(Cl)cc32)cc1. The highest BCUT2D eigenvalue weighted by Gasteiger charge is 2.05. The molecule has 5 heteroatoms. The van der Waals surface area contributed by atoms with E-state index in [2.05, 4.69) is 10.3 Å². The van der Waals surface area contributed by atoms with Crippen LogP contribution in [0, 0.1) is 0 Å². The summed E-state index contributed by atoms with van der Waals surface area (Å²) in [6.07, 6.45) is 0. The Morgan fingerprint density at radius 3 is 2.44 bits per heavy atom. The third-order valence-electron chi connectivity index (χ3n) is 2.72. The van der Waals surface area contributed by atoms with Crippen molar-refractivity contribution >= 4 is 34.2 Å². The summed E-state index contributed by atoms with van der Waals surface area (Å²) in [6, 6.07) is 13.2. The van der Waals surface area contributed by atoms with Gasteiger partial charge in [0.2, 0.25) is 0 Å². The van der Waals surface area contributed by atoms with Gasteiger partial charge < -0.3 is 0 Å². The van der Waals surface area contributed by atoms with Crippen molar-refractivity contribution in [3.63, 3.8) is 0 Å². The Morgan fingerprint density at radius 2 is 1.67 bits per heavy atom. The van der Waals surface area contributed by atoms with Gasteiger partial charge in [-0.05, 0) is 35.9 Å². The normalized spacial score (nSPS) is 11.0. The number of hydrogen-bond acceptors (Lipinski definition) is 2. The van der Waals surface area contributed by atoms with E-state index in [0.717, 1.165) is 21.6 Å². The van der Waals surface area contributed by atoms with E-state index in [0.29, 0.717) is 11.6 Å². The Balaban J connectivity index is 1.99. The van der Waals surface area contributed by atoms with E-state index in [9.17, 15) is 0 Å². The highest BCUT2D eigenvalue weighted by atomic mass is 35.5. The number of rotatable bonds is 2. The highest BCUT2D eigenvalue weighted by molar-refractivity contribution is 6.31.